The van der Waals surface area contributed by atoms with Gasteiger partial charge in [0.1, 0.15) is 12.7 Å². The third-order valence-corrected chi connectivity index (χ3v) is 8.09. The summed E-state index contributed by atoms with van der Waals surface area (Å²) in [6.45, 7) is -0.517. The van der Waals surface area contributed by atoms with E-state index in [1.54, 1.807) is 115 Å². The van der Waals surface area contributed by atoms with Gasteiger partial charge in [-0.1, -0.05) is 91.0 Å². The van der Waals surface area contributed by atoms with Gasteiger partial charge in [0, 0.05) is 5.56 Å². The summed E-state index contributed by atoms with van der Waals surface area (Å²) in [5.41, 5.74) is 0.953. The van der Waals surface area contributed by atoms with Crippen LogP contribution in [-0.2, 0) is 23.7 Å². The lowest BCUT2D eigenvalue weighted by molar-refractivity contribution is -0.233. The molecule has 6 rings (SSSR count). The SMILES string of the molecule is O=C(NC1OC(COC(=O)c2ccccc2)C(OC(=O)c2ccccc2)C(OC(=O)c2ccccc2)C1OC(=O)c1ccccc1)c1ccccc1. The van der Waals surface area contributed by atoms with Crippen LogP contribution in [0.15, 0.2) is 152 Å². The molecular formula is C41H33NO10. The quantitative estimate of drug-likeness (QED) is 0.135. The summed E-state index contributed by atoms with van der Waals surface area (Å²) in [5, 5.41) is 2.73. The number of benzene rings is 5. The van der Waals surface area contributed by atoms with Gasteiger partial charge in [0.25, 0.3) is 5.91 Å². The number of carbonyl (C=O) groups is 5. The zero-order chi connectivity index (χ0) is 36.3. The Hall–Kier alpha value is -6.59. The van der Waals surface area contributed by atoms with Gasteiger partial charge in [-0.3, -0.25) is 4.79 Å². The molecule has 11 nitrogen and oxygen atoms in total. The number of carbonyl (C=O) groups excluding carboxylic acids is 5. The van der Waals surface area contributed by atoms with Crippen LogP contribution in [0.4, 0.5) is 0 Å². The molecular weight excluding hydrogens is 666 g/mol. The van der Waals surface area contributed by atoms with Crippen LogP contribution < -0.4 is 5.32 Å². The summed E-state index contributed by atoms with van der Waals surface area (Å²) < 4.78 is 30.0. The van der Waals surface area contributed by atoms with E-state index in [2.05, 4.69) is 5.32 Å². The fourth-order valence-corrected chi connectivity index (χ4v) is 5.49. The highest BCUT2D eigenvalue weighted by atomic mass is 16.7. The molecule has 0 radical (unpaired) electrons. The van der Waals surface area contributed by atoms with Crippen molar-refractivity contribution in [1.82, 2.24) is 5.32 Å². The zero-order valence-electron chi connectivity index (χ0n) is 27.6. The fourth-order valence-electron chi connectivity index (χ4n) is 5.49. The van der Waals surface area contributed by atoms with Crippen LogP contribution in [-0.4, -0.2) is 67.0 Å². The van der Waals surface area contributed by atoms with Crippen LogP contribution in [0.25, 0.3) is 0 Å². The van der Waals surface area contributed by atoms with Gasteiger partial charge >= 0.3 is 23.9 Å². The molecule has 0 aliphatic carbocycles. The van der Waals surface area contributed by atoms with E-state index >= 15 is 0 Å². The van der Waals surface area contributed by atoms with E-state index in [1.165, 1.54) is 36.4 Å². The molecule has 1 amide bonds. The zero-order valence-corrected chi connectivity index (χ0v) is 27.6. The first-order valence-electron chi connectivity index (χ1n) is 16.4. The highest BCUT2D eigenvalue weighted by Gasteiger charge is 2.53. The maximum absolute atomic E-state index is 13.7. The van der Waals surface area contributed by atoms with Crippen molar-refractivity contribution in [3.05, 3.63) is 179 Å². The van der Waals surface area contributed by atoms with E-state index in [0.29, 0.717) is 0 Å². The topological polar surface area (TPSA) is 144 Å². The Balaban J connectivity index is 1.41. The molecule has 11 heteroatoms. The van der Waals surface area contributed by atoms with E-state index in [-0.39, 0.29) is 27.8 Å². The molecule has 0 saturated carbocycles. The van der Waals surface area contributed by atoms with E-state index in [4.69, 9.17) is 23.7 Å². The molecule has 262 valence electrons. The second kappa shape index (κ2) is 16.9. The normalized spacial score (nSPS) is 19.3. The first kappa shape index (κ1) is 35.2. The summed E-state index contributed by atoms with van der Waals surface area (Å²) in [4.78, 5) is 67.6. The molecule has 52 heavy (non-hydrogen) atoms. The van der Waals surface area contributed by atoms with E-state index < -0.39 is 67.0 Å². The van der Waals surface area contributed by atoms with Crippen molar-refractivity contribution in [2.45, 2.75) is 30.6 Å². The lowest BCUT2D eigenvalue weighted by Crippen LogP contribution is -2.66. The van der Waals surface area contributed by atoms with Gasteiger partial charge in [-0.15, -0.1) is 0 Å². The lowest BCUT2D eigenvalue weighted by Gasteiger charge is -2.44. The van der Waals surface area contributed by atoms with Crippen LogP contribution in [0.3, 0.4) is 0 Å². The predicted octanol–water partition coefficient (Wildman–Crippen LogP) is 5.68. The Bertz CT molecular complexity index is 1980. The third kappa shape index (κ3) is 8.76. The van der Waals surface area contributed by atoms with E-state index in [1.807, 2.05) is 0 Å². The summed E-state index contributed by atoms with van der Waals surface area (Å²) in [7, 11) is 0. The molecule has 1 fully saturated rings. The maximum atomic E-state index is 13.7. The van der Waals surface area contributed by atoms with Gasteiger partial charge in [-0.05, 0) is 60.7 Å². The second-order valence-corrected chi connectivity index (χ2v) is 11.6. The number of amides is 1. The number of ether oxygens (including phenoxy) is 5. The third-order valence-electron chi connectivity index (χ3n) is 8.09. The first-order valence-corrected chi connectivity index (χ1v) is 16.4. The van der Waals surface area contributed by atoms with Crippen molar-refractivity contribution < 1.29 is 47.7 Å². The monoisotopic (exact) mass is 699 g/mol. The smallest absolute Gasteiger partial charge is 0.338 e. The molecule has 1 aliphatic rings. The Morgan fingerprint density at radius 1 is 0.442 bits per heavy atom. The van der Waals surface area contributed by atoms with Gasteiger partial charge in [0.05, 0.1) is 22.3 Å². The molecule has 1 aliphatic heterocycles. The summed E-state index contributed by atoms with van der Waals surface area (Å²) in [6, 6.07) is 40.5. The first-order chi connectivity index (χ1) is 25.4. The number of hydrogen-bond acceptors (Lipinski definition) is 10. The average Bonchev–Trinajstić information content (AvgIpc) is 3.20. The minimum atomic E-state index is -1.59. The van der Waals surface area contributed by atoms with Crippen molar-refractivity contribution in [3.63, 3.8) is 0 Å². The van der Waals surface area contributed by atoms with Gasteiger partial charge in [0.15, 0.2) is 24.5 Å². The van der Waals surface area contributed by atoms with Gasteiger partial charge in [-0.2, -0.15) is 0 Å². The van der Waals surface area contributed by atoms with E-state index in [0.717, 1.165) is 0 Å². The van der Waals surface area contributed by atoms with Crippen molar-refractivity contribution in [1.29, 1.82) is 0 Å². The van der Waals surface area contributed by atoms with Gasteiger partial charge in [0.2, 0.25) is 0 Å². The highest BCUT2D eigenvalue weighted by molar-refractivity contribution is 5.95. The standard InChI is InChI=1S/C41H33NO10/c43-36(27-16-6-1-7-17-27)42-37-35(52-41(47)31-24-14-5-15-25-31)34(51-40(46)30-22-12-4-13-23-30)33(50-39(45)29-20-10-3-11-21-29)32(49-37)26-48-38(44)28-18-8-2-9-19-28/h1-25,32-35,37H,26H2,(H,42,43). The molecule has 5 aromatic carbocycles. The fraction of sp³-hybridized carbons (Fsp3) is 0.146. The highest BCUT2D eigenvalue weighted by Crippen LogP contribution is 2.30. The largest absolute Gasteiger partial charge is 0.459 e. The van der Waals surface area contributed by atoms with Crippen molar-refractivity contribution in [2.75, 3.05) is 6.61 Å². The molecule has 1 saturated heterocycles. The molecule has 5 aromatic rings. The molecule has 0 spiro atoms. The van der Waals surface area contributed by atoms with Crippen molar-refractivity contribution in [2.24, 2.45) is 0 Å². The van der Waals surface area contributed by atoms with Crippen molar-refractivity contribution >= 4 is 29.8 Å². The number of esters is 4. The lowest BCUT2D eigenvalue weighted by atomic mass is 9.96. The van der Waals surface area contributed by atoms with Crippen molar-refractivity contribution in [3.8, 4) is 0 Å². The maximum Gasteiger partial charge on any atom is 0.338 e. The average molecular weight is 700 g/mol. The van der Waals surface area contributed by atoms with Crippen LogP contribution in [0, 0.1) is 0 Å². The Labute approximate surface area is 299 Å². The Kier molecular flexibility index (Phi) is 11.4. The molecule has 5 unspecified atom stereocenters. The van der Waals surface area contributed by atoms with Crippen LogP contribution >= 0.6 is 0 Å². The molecule has 0 bridgehead atoms. The van der Waals surface area contributed by atoms with Crippen LogP contribution in [0.1, 0.15) is 51.8 Å². The summed E-state index contributed by atoms with van der Waals surface area (Å²) in [5.74, 6) is -3.83. The number of hydrogen-bond donors (Lipinski definition) is 1. The molecule has 0 aromatic heterocycles. The number of nitrogens with one attached hydrogen (secondary N) is 1. The Morgan fingerprint density at radius 2 is 0.788 bits per heavy atom. The van der Waals surface area contributed by atoms with Gasteiger partial charge in [-0.25, -0.2) is 19.2 Å². The molecule has 1 N–H and O–H groups in total. The summed E-state index contributed by atoms with van der Waals surface area (Å²) >= 11 is 0. The van der Waals surface area contributed by atoms with Crippen LogP contribution in [0.5, 0.6) is 0 Å². The van der Waals surface area contributed by atoms with Crippen LogP contribution in [0.2, 0.25) is 0 Å². The minimum Gasteiger partial charge on any atom is -0.459 e. The number of rotatable bonds is 11. The van der Waals surface area contributed by atoms with Gasteiger partial charge < -0.3 is 29.0 Å². The second-order valence-electron chi connectivity index (χ2n) is 11.6. The minimum absolute atomic E-state index is 0.146. The Morgan fingerprint density at radius 3 is 1.21 bits per heavy atom. The molecule has 5 atom stereocenters. The van der Waals surface area contributed by atoms with E-state index in [9.17, 15) is 24.0 Å². The molecule has 1 heterocycles. The summed E-state index contributed by atoms with van der Waals surface area (Å²) in [6.07, 6.45) is -7.55. The predicted molar refractivity (Wildman–Crippen MR) is 186 cm³/mol.